The number of anilines is 2. The Morgan fingerprint density at radius 3 is 2.32 bits per heavy atom. The van der Waals surface area contributed by atoms with Crippen molar-refractivity contribution in [3.63, 3.8) is 0 Å². The Labute approximate surface area is 172 Å². The van der Waals surface area contributed by atoms with Crippen molar-refractivity contribution in [2.75, 3.05) is 10.0 Å². The van der Waals surface area contributed by atoms with Crippen LogP contribution in [0.15, 0.2) is 53.4 Å². The van der Waals surface area contributed by atoms with E-state index in [1.807, 2.05) is 0 Å². The van der Waals surface area contributed by atoms with Gasteiger partial charge in [0.25, 0.3) is 10.0 Å². The molecule has 0 heterocycles. The Morgan fingerprint density at radius 2 is 1.68 bits per heavy atom. The van der Waals surface area contributed by atoms with E-state index in [9.17, 15) is 13.2 Å². The zero-order valence-electron chi connectivity index (χ0n) is 15.8. The number of halogens is 1. The van der Waals surface area contributed by atoms with Crippen LogP contribution in [-0.4, -0.2) is 19.9 Å². The molecule has 1 amide bonds. The molecule has 2 aromatic carbocycles. The number of nitrogens with two attached hydrogens (primary N) is 1. The molecular formula is C20H26ClN3O3S. The third-order valence-corrected chi connectivity index (χ3v) is 6.37. The molecule has 6 nitrogen and oxygen atoms in total. The fraction of sp³-hybridized carbons (Fsp3) is 0.350. The molecule has 0 unspecified atom stereocenters. The zero-order valence-corrected chi connectivity index (χ0v) is 17.4. The van der Waals surface area contributed by atoms with E-state index in [2.05, 4.69) is 10.0 Å². The van der Waals surface area contributed by atoms with Gasteiger partial charge in [0.05, 0.1) is 16.1 Å². The lowest BCUT2D eigenvalue weighted by Gasteiger charge is -2.31. The first-order chi connectivity index (χ1) is 12.8. The highest BCUT2D eigenvalue weighted by molar-refractivity contribution is 7.92. The largest absolute Gasteiger partial charge is 0.324 e. The quantitative estimate of drug-likeness (QED) is 0.680. The lowest BCUT2D eigenvalue weighted by molar-refractivity contribution is -0.122. The van der Waals surface area contributed by atoms with E-state index in [4.69, 9.17) is 5.73 Å². The van der Waals surface area contributed by atoms with Gasteiger partial charge in [-0.05, 0) is 49.6 Å². The van der Waals surface area contributed by atoms with Crippen molar-refractivity contribution in [2.24, 2.45) is 5.73 Å². The van der Waals surface area contributed by atoms with Gasteiger partial charge in [-0.1, -0.05) is 43.5 Å². The number of amides is 1. The normalized spacial score (nSPS) is 15.9. The second-order valence-electron chi connectivity index (χ2n) is 7.12. The minimum atomic E-state index is -3.70. The number of carbonyl (C=O) groups is 1. The maximum atomic E-state index is 12.6. The van der Waals surface area contributed by atoms with Crippen LogP contribution in [-0.2, 0) is 14.8 Å². The molecule has 1 aliphatic rings. The predicted octanol–water partition coefficient (Wildman–Crippen LogP) is 3.82. The number of benzene rings is 2. The summed E-state index contributed by atoms with van der Waals surface area (Å²) in [4.78, 5) is 12.8. The SMILES string of the molecule is Cc1ccc(NC(=O)C2(N)CCCCC2)cc1NS(=O)(=O)c1ccccc1.Cl. The summed E-state index contributed by atoms with van der Waals surface area (Å²) >= 11 is 0. The fourth-order valence-corrected chi connectivity index (χ4v) is 4.42. The lowest BCUT2D eigenvalue weighted by atomic mass is 9.82. The van der Waals surface area contributed by atoms with Gasteiger partial charge in [-0.25, -0.2) is 8.42 Å². The molecule has 152 valence electrons. The van der Waals surface area contributed by atoms with E-state index in [0.29, 0.717) is 24.2 Å². The molecule has 0 spiro atoms. The smallest absolute Gasteiger partial charge is 0.261 e. The van der Waals surface area contributed by atoms with E-state index in [-0.39, 0.29) is 23.2 Å². The van der Waals surface area contributed by atoms with E-state index in [1.165, 1.54) is 12.1 Å². The van der Waals surface area contributed by atoms with Crippen molar-refractivity contribution in [1.29, 1.82) is 0 Å². The van der Waals surface area contributed by atoms with Crippen molar-refractivity contribution in [3.8, 4) is 0 Å². The van der Waals surface area contributed by atoms with Crippen LogP contribution in [0.25, 0.3) is 0 Å². The van der Waals surface area contributed by atoms with E-state index in [1.54, 1.807) is 43.3 Å². The van der Waals surface area contributed by atoms with Crippen LogP contribution in [0.1, 0.15) is 37.7 Å². The van der Waals surface area contributed by atoms with Crippen LogP contribution < -0.4 is 15.8 Å². The van der Waals surface area contributed by atoms with Gasteiger partial charge in [0.15, 0.2) is 0 Å². The number of sulfonamides is 1. The van der Waals surface area contributed by atoms with Gasteiger partial charge >= 0.3 is 0 Å². The molecule has 3 rings (SSSR count). The summed E-state index contributed by atoms with van der Waals surface area (Å²) < 4.78 is 27.7. The summed E-state index contributed by atoms with van der Waals surface area (Å²) in [7, 11) is -3.70. The Morgan fingerprint density at radius 1 is 1.04 bits per heavy atom. The number of carbonyl (C=O) groups excluding carboxylic acids is 1. The molecule has 1 saturated carbocycles. The maximum absolute atomic E-state index is 12.6. The molecule has 1 aliphatic carbocycles. The lowest BCUT2D eigenvalue weighted by Crippen LogP contribution is -2.52. The third-order valence-electron chi connectivity index (χ3n) is 4.99. The number of rotatable bonds is 5. The molecule has 0 bridgehead atoms. The second kappa shape index (κ2) is 8.94. The Hall–Kier alpha value is -2.09. The van der Waals surface area contributed by atoms with Crippen molar-refractivity contribution in [3.05, 3.63) is 54.1 Å². The van der Waals surface area contributed by atoms with Crippen LogP contribution >= 0.6 is 12.4 Å². The summed E-state index contributed by atoms with van der Waals surface area (Å²) in [5, 5.41) is 2.85. The number of hydrogen-bond acceptors (Lipinski definition) is 4. The van der Waals surface area contributed by atoms with E-state index in [0.717, 1.165) is 24.8 Å². The molecular weight excluding hydrogens is 398 g/mol. The highest BCUT2D eigenvalue weighted by atomic mass is 35.5. The van der Waals surface area contributed by atoms with Gasteiger partial charge in [-0.3, -0.25) is 9.52 Å². The van der Waals surface area contributed by atoms with Crippen LogP contribution in [0.2, 0.25) is 0 Å². The summed E-state index contributed by atoms with van der Waals surface area (Å²) in [6.45, 7) is 1.81. The van der Waals surface area contributed by atoms with Gasteiger partial charge in [-0.2, -0.15) is 0 Å². The first-order valence-electron chi connectivity index (χ1n) is 9.09. The van der Waals surface area contributed by atoms with Gasteiger partial charge in [0.1, 0.15) is 0 Å². The molecule has 1 fully saturated rings. The third kappa shape index (κ3) is 5.04. The monoisotopic (exact) mass is 423 g/mol. The molecule has 28 heavy (non-hydrogen) atoms. The minimum Gasteiger partial charge on any atom is -0.324 e. The van der Waals surface area contributed by atoms with Crippen molar-refractivity contribution in [2.45, 2.75) is 49.5 Å². The van der Waals surface area contributed by atoms with Crippen molar-refractivity contribution >= 4 is 39.7 Å². The van der Waals surface area contributed by atoms with Crippen LogP contribution in [0.4, 0.5) is 11.4 Å². The Balaban J connectivity index is 0.00000280. The van der Waals surface area contributed by atoms with Crippen LogP contribution in [0.5, 0.6) is 0 Å². The molecule has 4 N–H and O–H groups in total. The summed E-state index contributed by atoms with van der Waals surface area (Å²) in [5.41, 5.74) is 7.12. The fourth-order valence-electron chi connectivity index (χ4n) is 3.28. The minimum absolute atomic E-state index is 0. The molecule has 0 saturated heterocycles. The highest BCUT2D eigenvalue weighted by Crippen LogP contribution is 2.28. The van der Waals surface area contributed by atoms with Crippen molar-refractivity contribution < 1.29 is 13.2 Å². The topological polar surface area (TPSA) is 101 Å². The number of aryl methyl sites for hydroxylation is 1. The first-order valence-corrected chi connectivity index (χ1v) is 10.6. The average molecular weight is 424 g/mol. The average Bonchev–Trinajstić information content (AvgIpc) is 2.65. The standard InChI is InChI=1S/C20H25N3O3S.ClH/c1-15-10-11-16(22-19(24)20(21)12-6-3-7-13-20)14-18(15)23-27(25,26)17-8-4-2-5-9-17;/h2,4-5,8-11,14,23H,3,6-7,12-13,21H2,1H3,(H,22,24);1H. The van der Waals surface area contributed by atoms with Crippen LogP contribution in [0.3, 0.4) is 0 Å². The van der Waals surface area contributed by atoms with Gasteiger partial charge in [0, 0.05) is 5.69 Å². The predicted molar refractivity (Wildman–Crippen MR) is 114 cm³/mol. The van der Waals surface area contributed by atoms with E-state index >= 15 is 0 Å². The van der Waals surface area contributed by atoms with Crippen LogP contribution in [0, 0.1) is 6.92 Å². The van der Waals surface area contributed by atoms with Gasteiger partial charge in [-0.15, -0.1) is 12.4 Å². The summed E-state index contributed by atoms with van der Waals surface area (Å²) in [6, 6.07) is 13.3. The summed E-state index contributed by atoms with van der Waals surface area (Å²) in [6.07, 6.45) is 4.32. The Kier molecular flexibility index (Phi) is 7.09. The second-order valence-corrected chi connectivity index (χ2v) is 8.80. The molecule has 0 aromatic heterocycles. The molecule has 8 heteroatoms. The maximum Gasteiger partial charge on any atom is 0.261 e. The number of nitrogens with one attached hydrogen (secondary N) is 2. The molecule has 0 atom stereocenters. The highest BCUT2D eigenvalue weighted by Gasteiger charge is 2.35. The summed E-state index contributed by atoms with van der Waals surface area (Å²) in [5.74, 6) is -0.220. The van der Waals surface area contributed by atoms with Gasteiger partial charge < -0.3 is 11.1 Å². The molecule has 0 aliphatic heterocycles. The Bertz CT molecular complexity index is 927. The van der Waals surface area contributed by atoms with Crippen molar-refractivity contribution in [1.82, 2.24) is 0 Å². The zero-order chi connectivity index (χ0) is 19.5. The molecule has 0 radical (unpaired) electrons. The van der Waals surface area contributed by atoms with Gasteiger partial charge in [0.2, 0.25) is 5.91 Å². The number of hydrogen-bond donors (Lipinski definition) is 3. The van der Waals surface area contributed by atoms with E-state index < -0.39 is 15.6 Å². The molecule has 2 aromatic rings. The first kappa shape index (κ1) is 22.2.